The van der Waals surface area contributed by atoms with Gasteiger partial charge in [-0.05, 0) is 18.2 Å². The lowest BCUT2D eigenvalue weighted by molar-refractivity contribution is -0.274. The van der Waals surface area contributed by atoms with Crippen LogP contribution in [0.2, 0.25) is 0 Å². The maximum absolute atomic E-state index is 12.4. The van der Waals surface area contributed by atoms with Crippen LogP contribution in [0.5, 0.6) is 5.75 Å². The number of amides is 1. The Bertz CT molecular complexity index is 913. The van der Waals surface area contributed by atoms with Gasteiger partial charge in [-0.15, -0.1) is 24.5 Å². The predicted molar refractivity (Wildman–Crippen MR) is 94.0 cm³/mol. The molecular formula is C18H14F3N3O2S. The number of pyridine rings is 1. The molecule has 140 valence electrons. The van der Waals surface area contributed by atoms with Crippen LogP contribution in [-0.4, -0.2) is 22.2 Å². The number of benzene rings is 1. The molecule has 0 saturated heterocycles. The van der Waals surface area contributed by atoms with Crippen LogP contribution in [0.4, 0.5) is 13.2 Å². The molecule has 0 aliphatic carbocycles. The number of aromatic nitrogens is 2. The maximum Gasteiger partial charge on any atom is 0.573 e. The van der Waals surface area contributed by atoms with Gasteiger partial charge in [0.2, 0.25) is 5.91 Å². The van der Waals surface area contributed by atoms with E-state index in [-0.39, 0.29) is 30.2 Å². The highest BCUT2D eigenvalue weighted by Crippen LogP contribution is 2.26. The van der Waals surface area contributed by atoms with Gasteiger partial charge >= 0.3 is 6.36 Å². The largest absolute Gasteiger partial charge is 0.573 e. The van der Waals surface area contributed by atoms with Crippen molar-refractivity contribution in [1.82, 2.24) is 15.3 Å². The molecule has 0 radical (unpaired) electrons. The van der Waals surface area contributed by atoms with Gasteiger partial charge < -0.3 is 10.1 Å². The van der Waals surface area contributed by atoms with Gasteiger partial charge in [0.05, 0.1) is 17.8 Å². The minimum atomic E-state index is -4.79. The van der Waals surface area contributed by atoms with Crippen molar-refractivity contribution in [2.24, 2.45) is 0 Å². The zero-order valence-electron chi connectivity index (χ0n) is 13.9. The van der Waals surface area contributed by atoms with Gasteiger partial charge in [-0.25, -0.2) is 4.98 Å². The minimum Gasteiger partial charge on any atom is -0.405 e. The Balaban J connectivity index is 1.59. The van der Waals surface area contributed by atoms with Crippen molar-refractivity contribution in [3.05, 3.63) is 65.3 Å². The molecule has 1 aromatic carbocycles. The van der Waals surface area contributed by atoms with Crippen LogP contribution in [0.3, 0.4) is 0 Å². The Morgan fingerprint density at radius 1 is 1.15 bits per heavy atom. The molecule has 2 heterocycles. The molecule has 0 aliphatic heterocycles. The van der Waals surface area contributed by atoms with E-state index in [2.05, 4.69) is 20.0 Å². The van der Waals surface area contributed by atoms with Crippen molar-refractivity contribution in [3.63, 3.8) is 0 Å². The lowest BCUT2D eigenvalue weighted by atomic mass is 10.2. The van der Waals surface area contributed by atoms with E-state index in [0.29, 0.717) is 16.4 Å². The van der Waals surface area contributed by atoms with Crippen LogP contribution in [0, 0.1) is 0 Å². The van der Waals surface area contributed by atoms with E-state index in [1.807, 2.05) is 12.1 Å². The molecule has 0 unspecified atom stereocenters. The molecule has 0 atom stereocenters. The molecular weight excluding hydrogens is 379 g/mol. The summed E-state index contributed by atoms with van der Waals surface area (Å²) in [6.45, 7) is -0.0810. The van der Waals surface area contributed by atoms with E-state index in [9.17, 15) is 18.0 Å². The van der Waals surface area contributed by atoms with Crippen molar-refractivity contribution < 1.29 is 22.7 Å². The van der Waals surface area contributed by atoms with E-state index in [1.54, 1.807) is 23.7 Å². The lowest BCUT2D eigenvalue weighted by Gasteiger charge is -2.13. The highest BCUT2D eigenvalue weighted by atomic mass is 32.1. The summed E-state index contributed by atoms with van der Waals surface area (Å²) >= 11 is 1.37. The standard InChI is InChI=1S/C18H14F3N3O2S/c19-18(20,21)26-15-7-2-1-5-12(15)10-23-16(25)9-13-11-27-17(24-13)14-6-3-4-8-22-14/h1-8,11H,9-10H2,(H,23,25). The van der Waals surface area contributed by atoms with E-state index < -0.39 is 6.36 Å². The maximum atomic E-state index is 12.4. The average Bonchev–Trinajstić information content (AvgIpc) is 3.09. The number of hydrogen-bond acceptors (Lipinski definition) is 5. The average molecular weight is 393 g/mol. The van der Waals surface area contributed by atoms with E-state index in [4.69, 9.17) is 0 Å². The number of nitrogens with zero attached hydrogens (tertiary/aromatic N) is 2. The molecule has 5 nitrogen and oxygen atoms in total. The van der Waals surface area contributed by atoms with Crippen LogP contribution < -0.4 is 10.1 Å². The molecule has 3 rings (SSSR count). The number of para-hydroxylation sites is 1. The number of halogens is 3. The van der Waals surface area contributed by atoms with Crippen LogP contribution in [0.15, 0.2) is 54.0 Å². The Kier molecular flexibility index (Phi) is 5.70. The monoisotopic (exact) mass is 393 g/mol. The fourth-order valence-electron chi connectivity index (χ4n) is 2.29. The highest BCUT2D eigenvalue weighted by Gasteiger charge is 2.31. The second kappa shape index (κ2) is 8.17. The highest BCUT2D eigenvalue weighted by molar-refractivity contribution is 7.13. The van der Waals surface area contributed by atoms with Crippen LogP contribution in [-0.2, 0) is 17.8 Å². The predicted octanol–water partition coefficient (Wildman–Crippen LogP) is 3.96. The molecule has 1 N–H and O–H groups in total. The first kappa shape index (κ1) is 18.8. The van der Waals surface area contributed by atoms with E-state index in [0.717, 1.165) is 0 Å². The third kappa shape index (κ3) is 5.52. The molecule has 9 heteroatoms. The summed E-state index contributed by atoms with van der Waals surface area (Å²) < 4.78 is 41.3. The van der Waals surface area contributed by atoms with Crippen molar-refractivity contribution in [2.75, 3.05) is 0 Å². The van der Waals surface area contributed by atoms with Gasteiger partial charge in [-0.1, -0.05) is 24.3 Å². The zero-order valence-corrected chi connectivity index (χ0v) is 14.7. The summed E-state index contributed by atoms with van der Waals surface area (Å²) in [5, 5.41) is 5.04. The second-order valence-corrected chi connectivity index (χ2v) is 6.33. The van der Waals surface area contributed by atoms with Crippen molar-refractivity contribution in [2.45, 2.75) is 19.3 Å². The van der Waals surface area contributed by atoms with Gasteiger partial charge in [0.1, 0.15) is 10.8 Å². The number of rotatable bonds is 6. The molecule has 1 amide bonds. The van der Waals surface area contributed by atoms with Crippen molar-refractivity contribution >= 4 is 17.2 Å². The first-order chi connectivity index (χ1) is 12.9. The van der Waals surface area contributed by atoms with Crippen LogP contribution in [0.1, 0.15) is 11.3 Å². The first-order valence-corrected chi connectivity index (χ1v) is 8.75. The smallest absolute Gasteiger partial charge is 0.405 e. The third-order valence-electron chi connectivity index (χ3n) is 3.45. The quantitative estimate of drug-likeness (QED) is 0.689. The number of carbonyl (C=O) groups is 1. The molecule has 0 aliphatic rings. The number of hydrogen-bond donors (Lipinski definition) is 1. The summed E-state index contributed by atoms with van der Waals surface area (Å²) in [4.78, 5) is 20.7. The SMILES string of the molecule is O=C(Cc1csc(-c2ccccn2)n1)NCc1ccccc1OC(F)(F)F. The fourth-order valence-corrected chi connectivity index (χ4v) is 3.09. The summed E-state index contributed by atoms with van der Waals surface area (Å²) in [5.41, 5.74) is 1.51. The lowest BCUT2D eigenvalue weighted by Crippen LogP contribution is -2.25. The van der Waals surface area contributed by atoms with Gasteiger partial charge in [-0.2, -0.15) is 0 Å². The summed E-state index contributed by atoms with van der Waals surface area (Å²) in [6.07, 6.45) is -3.11. The Morgan fingerprint density at radius 2 is 1.93 bits per heavy atom. The molecule has 0 saturated carbocycles. The molecule has 3 aromatic rings. The number of thiazole rings is 1. The fraction of sp³-hybridized carbons (Fsp3) is 0.167. The molecule has 0 bridgehead atoms. The van der Waals surface area contributed by atoms with Crippen molar-refractivity contribution in [3.8, 4) is 16.5 Å². The number of ether oxygens (including phenoxy) is 1. The van der Waals surface area contributed by atoms with Crippen molar-refractivity contribution in [1.29, 1.82) is 0 Å². The number of alkyl halides is 3. The van der Waals surface area contributed by atoms with E-state index in [1.165, 1.54) is 29.5 Å². The molecule has 2 aromatic heterocycles. The summed E-state index contributed by atoms with van der Waals surface area (Å²) in [6, 6.07) is 11.1. The Morgan fingerprint density at radius 3 is 2.67 bits per heavy atom. The van der Waals surface area contributed by atoms with Crippen LogP contribution in [0.25, 0.3) is 10.7 Å². The zero-order chi connectivity index (χ0) is 19.3. The summed E-state index contributed by atoms with van der Waals surface area (Å²) in [5.74, 6) is -0.689. The number of nitrogens with one attached hydrogen (secondary N) is 1. The summed E-state index contributed by atoms with van der Waals surface area (Å²) in [7, 11) is 0. The molecule has 27 heavy (non-hydrogen) atoms. The normalized spacial score (nSPS) is 11.2. The topological polar surface area (TPSA) is 64.1 Å². The first-order valence-electron chi connectivity index (χ1n) is 7.87. The third-order valence-corrected chi connectivity index (χ3v) is 4.37. The van der Waals surface area contributed by atoms with Gasteiger partial charge in [0.15, 0.2) is 0 Å². The second-order valence-electron chi connectivity index (χ2n) is 5.47. The van der Waals surface area contributed by atoms with Crippen LogP contribution >= 0.6 is 11.3 Å². The molecule has 0 fully saturated rings. The minimum absolute atomic E-state index is 0.0195. The Labute approximate surface area is 156 Å². The van der Waals surface area contributed by atoms with Gasteiger partial charge in [-0.3, -0.25) is 9.78 Å². The Hall–Kier alpha value is -2.94. The van der Waals surface area contributed by atoms with Gasteiger partial charge in [0, 0.05) is 23.7 Å². The van der Waals surface area contributed by atoms with Gasteiger partial charge in [0.25, 0.3) is 0 Å². The number of carbonyl (C=O) groups excluding carboxylic acids is 1. The molecule has 0 spiro atoms. The van der Waals surface area contributed by atoms with E-state index >= 15 is 0 Å².